The van der Waals surface area contributed by atoms with Crippen molar-refractivity contribution in [3.8, 4) is 0 Å². The first kappa shape index (κ1) is 11.9. The molecule has 0 bridgehead atoms. The molecule has 0 saturated heterocycles. The van der Waals surface area contributed by atoms with Gasteiger partial charge in [0.1, 0.15) is 6.54 Å². The molecule has 2 N–H and O–H groups in total. The number of amides is 1. The van der Waals surface area contributed by atoms with Crippen LogP contribution in [0.2, 0.25) is 0 Å². The number of carbonyl (C=O) groups is 2. The maximum atomic E-state index is 11.3. The zero-order valence-corrected chi connectivity index (χ0v) is 8.33. The average Bonchev–Trinajstić information content (AvgIpc) is 2.11. The van der Waals surface area contributed by atoms with Gasteiger partial charge in [-0.05, 0) is 5.92 Å². The molecule has 1 amide bonds. The fraction of sp³-hybridized carbons (Fsp3) is 0.778. The Hall–Kier alpha value is -1.06. The van der Waals surface area contributed by atoms with Gasteiger partial charge in [0, 0.05) is 5.92 Å². The summed E-state index contributed by atoms with van der Waals surface area (Å²) in [7, 11) is 0. The second kappa shape index (κ2) is 5.56. The summed E-state index contributed by atoms with van der Waals surface area (Å²) in [6.45, 7) is 5.50. The molecule has 0 spiro atoms. The van der Waals surface area contributed by atoms with Crippen molar-refractivity contribution in [1.82, 2.24) is 5.32 Å². The molecule has 4 heteroatoms. The van der Waals surface area contributed by atoms with E-state index in [4.69, 9.17) is 5.11 Å². The predicted octanol–water partition coefficient (Wildman–Crippen LogP) is 0.869. The van der Waals surface area contributed by atoms with Gasteiger partial charge in [0.15, 0.2) is 0 Å². The molecule has 76 valence electrons. The van der Waals surface area contributed by atoms with Crippen LogP contribution in [0, 0.1) is 11.8 Å². The third-order valence-corrected chi connectivity index (χ3v) is 2.32. The number of aliphatic carboxylic acids is 1. The highest BCUT2D eigenvalue weighted by Gasteiger charge is 2.18. The molecule has 0 aromatic rings. The van der Waals surface area contributed by atoms with E-state index in [0.29, 0.717) is 0 Å². The second-order valence-electron chi connectivity index (χ2n) is 3.29. The third kappa shape index (κ3) is 4.50. The highest BCUT2D eigenvalue weighted by Crippen LogP contribution is 2.13. The number of carbonyl (C=O) groups excluding carboxylic acids is 1. The van der Waals surface area contributed by atoms with E-state index >= 15 is 0 Å². The minimum absolute atomic E-state index is 0.121. The van der Waals surface area contributed by atoms with Crippen molar-refractivity contribution in [3.63, 3.8) is 0 Å². The van der Waals surface area contributed by atoms with Crippen LogP contribution in [-0.4, -0.2) is 23.5 Å². The maximum Gasteiger partial charge on any atom is 0.322 e. The molecule has 0 saturated carbocycles. The quantitative estimate of drug-likeness (QED) is 0.671. The number of carboxylic acid groups (broad SMARTS) is 1. The van der Waals surface area contributed by atoms with Crippen LogP contribution in [0.25, 0.3) is 0 Å². The fourth-order valence-electron chi connectivity index (χ4n) is 0.936. The number of carboxylic acids is 1. The van der Waals surface area contributed by atoms with Crippen LogP contribution in [0.5, 0.6) is 0 Å². The number of hydrogen-bond acceptors (Lipinski definition) is 2. The largest absolute Gasteiger partial charge is 0.480 e. The Kier molecular flexibility index (Phi) is 5.11. The topological polar surface area (TPSA) is 66.4 Å². The lowest BCUT2D eigenvalue weighted by atomic mass is 9.93. The molecule has 0 aliphatic heterocycles. The first-order valence-electron chi connectivity index (χ1n) is 4.48. The maximum absolute atomic E-state index is 11.3. The molecule has 0 rings (SSSR count). The van der Waals surface area contributed by atoms with Gasteiger partial charge in [-0.2, -0.15) is 0 Å². The van der Waals surface area contributed by atoms with Crippen LogP contribution in [0.3, 0.4) is 0 Å². The molecule has 0 unspecified atom stereocenters. The van der Waals surface area contributed by atoms with Gasteiger partial charge in [0.25, 0.3) is 0 Å². The summed E-state index contributed by atoms with van der Waals surface area (Å²) in [5.41, 5.74) is 0. The summed E-state index contributed by atoms with van der Waals surface area (Å²) < 4.78 is 0. The summed E-state index contributed by atoms with van der Waals surface area (Å²) in [6.07, 6.45) is 0.918. The molecule has 4 nitrogen and oxygen atoms in total. The fourth-order valence-corrected chi connectivity index (χ4v) is 0.936. The highest BCUT2D eigenvalue weighted by atomic mass is 16.4. The van der Waals surface area contributed by atoms with Crippen molar-refractivity contribution >= 4 is 11.9 Å². The Morgan fingerprint density at radius 3 is 2.31 bits per heavy atom. The SMILES string of the molecule is CC[C@H](C)[C@H](C)C(=O)NCC(=O)O. The minimum Gasteiger partial charge on any atom is -0.480 e. The van der Waals surface area contributed by atoms with Crippen LogP contribution < -0.4 is 5.32 Å². The molecule has 0 radical (unpaired) electrons. The molecule has 0 aromatic carbocycles. The molecule has 0 aliphatic rings. The van der Waals surface area contributed by atoms with Gasteiger partial charge in [-0.3, -0.25) is 9.59 Å². The van der Waals surface area contributed by atoms with Gasteiger partial charge in [-0.15, -0.1) is 0 Å². The Morgan fingerprint density at radius 2 is 1.92 bits per heavy atom. The van der Waals surface area contributed by atoms with Crippen molar-refractivity contribution in [2.45, 2.75) is 27.2 Å². The first-order chi connectivity index (χ1) is 5.99. The Balaban J connectivity index is 3.89. The summed E-state index contributed by atoms with van der Waals surface area (Å²) in [5.74, 6) is -1.03. The van der Waals surface area contributed by atoms with Crippen LogP contribution in [0.15, 0.2) is 0 Å². The Labute approximate surface area is 78.3 Å². The van der Waals surface area contributed by atoms with E-state index in [1.54, 1.807) is 0 Å². The number of rotatable bonds is 5. The summed E-state index contributed by atoms with van der Waals surface area (Å²) in [6, 6.07) is 0. The standard InChI is InChI=1S/C9H17NO3/c1-4-6(2)7(3)9(13)10-5-8(11)12/h6-7H,4-5H2,1-3H3,(H,10,13)(H,11,12)/t6-,7-/m0/s1. The van der Waals surface area contributed by atoms with Crippen LogP contribution in [0.1, 0.15) is 27.2 Å². The van der Waals surface area contributed by atoms with E-state index in [1.165, 1.54) is 0 Å². The van der Waals surface area contributed by atoms with Crippen molar-refractivity contribution in [2.75, 3.05) is 6.54 Å². The van der Waals surface area contributed by atoms with E-state index in [9.17, 15) is 9.59 Å². The Morgan fingerprint density at radius 1 is 1.38 bits per heavy atom. The molecular weight excluding hydrogens is 170 g/mol. The van der Waals surface area contributed by atoms with E-state index in [2.05, 4.69) is 5.32 Å². The minimum atomic E-state index is -1.01. The summed E-state index contributed by atoms with van der Waals surface area (Å²) in [5, 5.41) is 10.7. The number of hydrogen-bond donors (Lipinski definition) is 2. The molecule has 0 heterocycles. The van der Waals surface area contributed by atoms with Gasteiger partial charge in [0.2, 0.25) is 5.91 Å². The zero-order chi connectivity index (χ0) is 10.4. The van der Waals surface area contributed by atoms with Crippen molar-refractivity contribution in [2.24, 2.45) is 11.8 Å². The van der Waals surface area contributed by atoms with Crippen molar-refractivity contribution in [1.29, 1.82) is 0 Å². The Bertz CT molecular complexity index is 191. The first-order valence-corrected chi connectivity index (χ1v) is 4.48. The lowest BCUT2D eigenvalue weighted by Gasteiger charge is -2.16. The van der Waals surface area contributed by atoms with Crippen molar-refractivity contribution in [3.05, 3.63) is 0 Å². The molecule has 13 heavy (non-hydrogen) atoms. The van der Waals surface area contributed by atoms with Gasteiger partial charge in [-0.1, -0.05) is 27.2 Å². The lowest BCUT2D eigenvalue weighted by Crippen LogP contribution is -2.35. The van der Waals surface area contributed by atoms with E-state index < -0.39 is 5.97 Å². The van der Waals surface area contributed by atoms with Gasteiger partial charge >= 0.3 is 5.97 Å². The second-order valence-corrected chi connectivity index (χ2v) is 3.29. The molecule has 0 fully saturated rings. The van der Waals surface area contributed by atoms with Gasteiger partial charge in [-0.25, -0.2) is 0 Å². The van der Waals surface area contributed by atoms with E-state index in [-0.39, 0.29) is 24.3 Å². The van der Waals surface area contributed by atoms with Crippen LogP contribution in [-0.2, 0) is 9.59 Å². The number of nitrogens with one attached hydrogen (secondary N) is 1. The smallest absolute Gasteiger partial charge is 0.322 e. The van der Waals surface area contributed by atoms with Gasteiger partial charge in [0.05, 0.1) is 0 Å². The van der Waals surface area contributed by atoms with Crippen molar-refractivity contribution < 1.29 is 14.7 Å². The normalized spacial score (nSPS) is 14.7. The predicted molar refractivity (Wildman–Crippen MR) is 49.3 cm³/mol. The monoisotopic (exact) mass is 187 g/mol. The third-order valence-electron chi connectivity index (χ3n) is 2.32. The van der Waals surface area contributed by atoms with Gasteiger partial charge < -0.3 is 10.4 Å². The van der Waals surface area contributed by atoms with Crippen LogP contribution >= 0.6 is 0 Å². The summed E-state index contributed by atoms with van der Waals surface area (Å²) in [4.78, 5) is 21.4. The summed E-state index contributed by atoms with van der Waals surface area (Å²) >= 11 is 0. The van der Waals surface area contributed by atoms with E-state index in [1.807, 2.05) is 20.8 Å². The lowest BCUT2D eigenvalue weighted by molar-refractivity contribution is -0.138. The zero-order valence-electron chi connectivity index (χ0n) is 8.33. The molecule has 0 aliphatic carbocycles. The molecule has 0 aromatic heterocycles. The average molecular weight is 187 g/mol. The molecular formula is C9H17NO3. The highest BCUT2D eigenvalue weighted by molar-refractivity contribution is 5.82. The van der Waals surface area contributed by atoms with E-state index in [0.717, 1.165) is 6.42 Å². The molecule has 2 atom stereocenters. The van der Waals surface area contributed by atoms with Crippen LogP contribution in [0.4, 0.5) is 0 Å².